The Hall–Kier alpha value is -0.850. The van der Waals surface area contributed by atoms with Crippen molar-refractivity contribution in [1.82, 2.24) is 4.90 Å². The van der Waals surface area contributed by atoms with Crippen molar-refractivity contribution in [3.63, 3.8) is 0 Å². The summed E-state index contributed by atoms with van der Waals surface area (Å²) in [5.74, 6) is 0. The first-order valence-corrected chi connectivity index (χ1v) is 4.10. The number of ether oxygens (including phenoxy) is 1. The van der Waals surface area contributed by atoms with Crippen molar-refractivity contribution in [1.29, 1.82) is 5.26 Å². The van der Waals surface area contributed by atoms with Gasteiger partial charge in [-0.05, 0) is 6.42 Å². The lowest BCUT2D eigenvalue weighted by molar-refractivity contribution is 0.0883. The molecule has 0 spiro atoms. The zero-order valence-electron chi connectivity index (χ0n) is 7.36. The molecule has 2 atom stereocenters. The van der Waals surface area contributed by atoms with Gasteiger partial charge in [0.05, 0.1) is 12.2 Å². The van der Waals surface area contributed by atoms with Gasteiger partial charge in [0.2, 0.25) is 0 Å². The van der Waals surface area contributed by atoms with Gasteiger partial charge in [-0.3, -0.25) is 4.90 Å². The van der Waals surface area contributed by atoms with Crippen LogP contribution in [0.3, 0.4) is 0 Å². The second kappa shape index (κ2) is 4.24. The van der Waals surface area contributed by atoms with Gasteiger partial charge in [-0.25, -0.2) is 0 Å². The Bertz CT molecular complexity index is 197. The van der Waals surface area contributed by atoms with Gasteiger partial charge < -0.3 is 4.74 Å². The standard InChI is InChI=1S/C9H14N2O/c1-3-5-11-6-4-9(12-2)8(11)7-10/h3,8-9H,1,4-6H2,2H3. The summed E-state index contributed by atoms with van der Waals surface area (Å²) in [5, 5.41) is 8.86. The lowest BCUT2D eigenvalue weighted by atomic mass is 10.2. The van der Waals surface area contributed by atoms with E-state index in [1.807, 2.05) is 6.08 Å². The van der Waals surface area contributed by atoms with Crippen LogP contribution in [0.5, 0.6) is 0 Å². The molecule has 1 aliphatic heterocycles. The van der Waals surface area contributed by atoms with Crippen LogP contribution in [-0.4, -0.2) is 37.2 Å². The molecule has 3 heteroatoms. The van der Waals surface area contributed by atoms with Crippen molar-refractivity contribution in [3.05, 3.63) is 12.7 Å². The van der Waals surface area contributed by atoms with E-state index < -0.39 is 0 Å². The second-order valence-electron chi connectivity index (χ2n) is 2.92. The summed E-state index contributed by atoms with van der Waals surface area (Å²) in [6, 6.07) is 2.16. The van der Waals surface area contributed by atoms with Crippen LogP contribution in [0, 0.1) is 11.3 Å². The molecular formula is C9H14N2O. The maximum absolute atomic E-state index is 8.86. The van der Waals surface area contributed by atoms with Crippen molar-refractivity contribution in [2.45, 2.75) is 18.6 Å². The summed E-state index contributed by atoms with van der Waals surface area (Å²) in [5.41, 5.74) is 0. The fourth-order valence-corrected chi connectivity index (χ4v) is 1.61. The van der Waals surface area contributed by atoms with Gasteiger partial charge in [0.25, 0.3) is 0 Å². The number of hydrogen-bond acceptors (Lipinski definition) is 3. The highest BCUT2D eigenvalue weighted by molar-refractivity contribution is 5.03. The van der Waals surface area contributed by atoms with Crippen molar-refractivity contribution in [2.75, 3.05) is 20.2 Å². The van der Waals surface area contributed by atoms with Crippen LogP contribution in [0.15, 0.2) is 12.7 Å². The fourth-order valence-electron chi connectivity index (χ4n) is 1.61. The highest BCUT2D eigenvalue weighted by atomic mass is 16.5. The van der Waals surface area contributed by atoms with Crippen molar-refractivity contribution in [3.8, 4) is 6.07 Å². The lowest BCUT2D eigenvalue weighted by Crippen LogP contribution is -2.34. The number of hydrogen-bond donors (Lipinski definition) is 0. The Labute approximate surface area is 73.2 Å². The molecule has 0 aromatic heterocycles. The first kappa shape index (κ1) is 9.24. The predicted octanol–water partition coefficient (Wildman–Crippen LogP) is 0.785. The summed E-state index contributed by atoms with van der Waals surface area (Å²) >= 11 is 0. The SMILES string of the molecule is C=CCN1CCC(OC)C1C#N. The van der Waals surface area contributed by atoms with E-state index >= 15 is 0 Å². The van der Waals surface area contributed by atoms with E-state index in [0.29, 0.717) is 0 Å². The molecule has 0 bridgehead atoms. The van der Waals surface area contributed by atoms with Crippen LogP contribution < -0.4 is 0 Å². The minimum absolute atomic E-state index is 0.0787. The van der Waals surface area contributed by atoms with Gasteiger partial charge in [0.15, 0.2) is 0 Å². The van der Waals surface area contributed by atoms with E-state index in [9.17, 15) is 0 Å². The zero-order valence-corrected chi connectivity index (χ0v) is 7.36. The summed E-state index contributed by atoms with van der Waals surface area (Å²) < 4.78 is 5.19. The lowest BCUT2D eigenvalue weighted by Gasteiger charge is -2.19. The predicted molar refractivity (Wildman–Crippen MR) is 46.6 cm³/mol. The monoisotopic (exact) mass is 166 g/mol. The molecule has 1 aliphatic rings. The molecule has 66 valence electrons. The molecule has 3 nitrogen and oxygen atoms in total. The molecule has 1 rings (SSSR count). The molecular weight excluding hydrogens is 152 g/mol. The van der Waals surface area contributed by atoms with E-state index in [2.05, 4.69) is 17.5 Å². The van der Waals surface area contributed by atoms with Gasteiger partial charge in [0.1, 0.15) is 6.04 Å². The number of likely N-dealkylation sites (tertiary alicyclic amines) is 1. The topological polar surface area (TPSA) is 36.3 Å². The van der Waals surface area contributed by atoms with Crippen LogP contribution in [0.1, 0.15) is 6.42 Å². The van der Waals surface area contributed by atoms with Gasteiger partial charge in [0, 0.05) is 20.2 Å². The first-order chi connectivity index (χ1) is 5.83. The minimum Gasteiger partial charge on any atom is -0.379 e. The normalized spacial score (nSPS) is 30.0. The number of rotatable bonds is 3. The Morgan fingerprint density at radius 1 is 1.83 bits per heavy atom. The molecule has 0 aliphatic carbocycles. The highest BCUT2D eigenvalue weighted by Crippen LogP contribution is 2.19. The first-order valence-electron chi connectivity index (χ1n) is 4.10. The third-order valence-electron chi connectivity index (χ3n) is 2.25. The fraction of sp³-hybridized carbons (Fsp3) is 0.667. The van der Waals surface area contributed by atoms with Crippen LogP contribution in [-0.2, 0) is 4.74 Å². The van der Waals surface area contributed by atoms with E-state index in [1.54, 1.807) is 7.11 Å². The van der Waals surface area contributed by atoms with Crippen LogP contribution in [0.4, 0.5) is 0 Å². The molecule has 0 saturated carbocycles. The van der Waals surface area contributed by atoms with Crippen molar-refractivity contribution < 1.29 is 4.74 Å². The Morgan fingerprint density at radius 3 is 3.08 bits per heavy atom. The van der Waals surface area contributed by atoms with Crippen LogP contribution in [0.25, 0.3) is 0 Å². The quantitative estimate of drug-likeness (QED) is 0.581. The van der Waals surface area contributed by atoms with E-state index in [4.69, 9.17) is 10.00 Å². The average molecular weight is 166 g/mol. The molecule has 0 aromatic carbocycles. The average Bonchev–Trinajstić information content (AvgIpc) is 2.47. The smallest absolute Gasteiger partial charge is 0.125 e. The Kier molecular flexibility index (Phi) is 3.27. The summed E-state index contributed by atoms with van der Waals surface area (Å²) in [4.78, 5) is 2.08. The van der Waals surface area contributed by atoms with E-state index in [-0.39, 0.29) is 12.1 Å². The molecule has 1 heterocycles. The van der Waals surface area contributed by atoms with Crippen molar-refractivity contribution in [2.24, 2.45) is 0 Å². The molecule has 0 radical (unpaired) electrons. The second-order valence-corrected chi connectivity index (χ2v) is 2.92. The van der Waals surface area contributed by atoms with Gasteiger partial charge >= 0.3 is 0 Å². The van der Waals surface area contributed by atoms with Gasteiger partial charge in [-0.15, -0.1) is 6.58 Å². The minimum atomic E-state index is -0.0898. The van der Waals surface area contributed by atoms with E-state index in [1.165, 1.54) is 0 Å². The van der Waals surface area contributed by atoms with Gasteiger partial charge in [-0.1, -0.05) is 6.08 Å². The van der Waals surface area contributed by atoms with Crippen LogP contribution >= 0.6 is 0 Å². The molecule has 1 fully saturated rings. The maximum Gasteiger partial charge on any atom is 0.125 e. The van der Waals surface area contributed by atoms with E-state index in [0.717, 1.165) is 19.5 Å². The zero-order chi connectivity index (χ0) is 8.97. The number of methoxy groups -OCH3 is 1. The summed E-state index contributed by atoms with van der Waals surface area (Å²) in [6.45, 7) is 5.36. The van der Waals surface area contributed by atoms with Crippen LogP contribution in [0.2, 0.25) is 0 Å². The summed E-state index contributed by atoms with van der Waals surface area (Å²) in [7, 11) is 1.66. The number of nitriles is 1. The Balaban J connectivity index is 2.57. The van der Waals surface area contributed by atoms with Crippen molar-refractivity contribution >= 4 is 0 Å². The maximum atomic E-state index is 8.86. The Morgan fingerprint density at radius 2 is 2.58 bits per heavy atom. The molecule has 0 aromatic rings. The third kappa shape index (κ3) is 1.66. The summed E-state index contributed by atoms with van der Waals surface area (Å²) in [6.07, 6.45) is 2.85. The molecule has 0 N–H and O–H groups in total. The molecule has 1 saturated heterocycles. The molecule has 0 amide bonds. The molecule has 2 unspecified atom stereocenters. The largest absolute Gasteiger partial charge is 0.379 e. The highest BCUT2D eigenvalue weighted by Gasteiger charge is 2.33. The molecule has 12 heavy (non-hydrogen) atoms. The third-order valence-corrected chi connectivity index (χ3v) is 2.25. The number of nitrogens with zero attached hydrogens (tertiary/aromatic N) is 2. The van der Waals surface area contributed by atoms with Gasteiger partial charge in [-0.2, -0.15) is 5.26 Å².